The van der Waals surface area contributed by atoms with Gasteiger partial charge in [-0.25, -0.2) is 39.9 Å². The number of nitrogens with zero attached hydrogens (tertiary/aromatic N) is 12. The van der Waals surface area contributed by atoms with Crippen molar-refractivity contribution in [1.82, 2.24) is 57.5 Å². The van der Waals surface area contributed by atoms with Gasteiger partial charge in [0.05, 0.1) is 44.1 Å². The monoisotopic (exact) mass is 1780 g/mol. The van der Waals surface area contributed by atoms with Crippen LogP contribution in [0.25, 0.3) is 243 Å². The van der Waals surface area contributed by atoms with Gasteiger partial charge in [-0.3, -0.25) is 17.6 Å². The van der Waals surface area contributed by atoms with Crippen LogP contribution in [-0.2, 0) is 51.4 Å². The van der Waals surface area contributed by atoms with Crippen molar-refractivity contribution < 1.29 is 0 Å². The Hall–Kier alpha value is -18.0. The maximum Gasteiger partial charge on any atom is 0.147 e. The minimum absolute atomic E-state index is 0.933. The van der Waals surface area contributed by atoms with E-state index >= 15 is 0 Å². The van der Waals surface area contributed by atoms with Crippen molar-refractivity contribution in [2.75, 3.05) is 0 Å². The maximum absolute atomic E-state index is 5.17. The van der Waals surface area contributed by atoms with Gasteiger partial charge in [0.25, 0.3) is 0 Å². The molecular weight excluding hydrogens is 1710 g/mol. The second-order valence-electron chi connectivity index (χ2n) is 39.2. The van der Waals surface area contributed by atoms with Gasteiger partial charge in [0.15, 0.2) is 0 Å². The van der Waals surface area contributed by atoms with Crippen LogP contribution in [0.15, 0.2) is 365 Å². The van der Waals surface area contributed by atoms with E-state index < -0.39 is 0 Å². The Kier molecular flexibility index (Phi) is 15.0. The molecule has 8 aliphatic carbocycles. The maximum atomic E-state index is 5.17. The van der Waals surface area contributed by atoms with E-state index in [0.717, 1.165) is 141 Å². The Morgan fingerprint density at radius 3 is 1.02 bits per heavy atom. The molecule has 28 aromatic rings. The zero-order valence-electron chi connectivity index (χ0n) is 75.7. The van der Waals surface area contributed by atoms with Crippen LogP contribution in [-0.4, -0.2) is 57.5 Å². The van der Waals surface area contributed by atoms with Gasteiger partial charge in [-0.15, -0.1) is 0 Å². The molecule has 0 unspecified atom stereocenters. The number of hydrogen-bond acceptors (Lipinski definition) is 8. The lowest BCUT2D eigenvalue weighted by molar-refractivity contribution is 1.17. The Balaban J connectivity index is 0.0000000829. The molecule has 0 bridgehead atoms. The van der Waals surface area contributed by atoms with Crippen LogP contribution in [0.4, 0.5) is 0 Å². The van der Waals surface area contributed by atoms with E-state index in [-0.39, 0.29) is 0 Å². The number of imidazole rings is 4. The van der Waals surface area contributed by atoms with Crippen molar-refractivity contribution in [3.63, 3.8) is 0 Å². The van der Waals surface area contributed by atoms with E-state index in [0.29, 0.717) is 0 Å². The third kappa shape index (κ3) is 10.2. The predicted molar refractivity (Wildman–Crippen MR) is 568 cm³/mol. The number of hydrogen-bond donors (Lipinski definition) is 0. The number of aromatic nitrogens is 12. The van der Waals surface area contributed by atoms with Gasteiger partial charge in [-0.2, -0.15) is 0 Å². The molecule has 0 N–H and O–H groups in total. The highest BCUT2D eigenvalue weighted by molar-refractivity contribution is 6.21. The normalized spacial score (nSPS) is 13.5. The number of rotatable bonds is 0. The lowest BCUT2D eigenvalue weighted by atomic mass is 9.93. The van der Waals surface area contributed by atoms with Crippen LogP contribution in [0.3, 0.4) is 0 Å². The van der Waals surface area contributed by atoms with Crippen molar-refractivity contribution >= 4 is 154 Å². The van der Waals surface area contributed by atoms with Gasteiger partial charge < -0.3 is 0 Å². The van der Waals surface area contributed by atoms with Crippen molar-refractivity contribution in [1.29, 1.82) is 0 Å². The molecule has 8 aliphatic rings. The van der Waals surface area contributed by atoms with E-state index in [1.54, 1.807) is 0 Å². The molecule has 648 valence electrons. The van der Waals surface area contributed by atoms with Gasteiger partial charge in [0.2, 0.25) is 0 Å². The average molecular weight is 1780 g/mol. The van der Waals surface area contributed by atoms with E-state index in [4.69, 9.17) is 39.9 Å². The summed E-state index contributed by atoms with van der Waals surface area (Å²) in [4.78, 5) is 39.8. The number of para-hydroxylation sites is 8. The van der Waals surface area contributed by atoms with Crippen LogP contribution in [0.1, 0.15) is 89.0 Å². The SMILES string of the molecule is c1ccc2c(c1)Cc1c-2ccc2c1Cc1c-2ccc2c3cccnc3n3c4ccccc4nc3c12.c1ccc2c(c1)Cc1cc3c(cc1-2)-c1ccc2c4cccnc4n4c5ccccc5nc4c2c1C3.c1ccc2c(c1)Cc1ccc3c(c1-2)-c1ccc2c4cccnc4n4c5ccccc5nc4c2c1C3.c1ccc2c(c1)Cc1ccc3c(c1-2)Cc1cc2c(cc1-3)c1cccnc1n1c3ccccc3nc21. The summed E-state index contributed by atoms with van der Waals surface area (Å²) in [5.74, 6) is 0. The molecule has 16 aromatic carbocycles. The molecule has 36 rings (SSSR count). The molecule has 0 fully saturated rings. The summed E-state index contributed by atoms with van der Waals surface area (Å²) in [6.45, 7) is 0. The summed E-state index contributed by atoms with van der Waals surface area (Å²) in [5, 5.41) is 14.6. The molecule has 0 amide bonds. The van der Waals surface area contributed by atoms with Gasteiger partial charge >= 0.3 is 0 Å². The minimum atomic E-state index is 0.933. The highest BCUT2D eigenvalue weighted by Gasteiger charge is 2.37. The van der Waals surface area contributed by atoms with E-state index in [9.17, 15) is 0 Å². The van der Waals surface area contributed by atoms with Crippen molar-refractivity contribution in [3.05, 3.63) is 454 Å². The molecule has 0 saturated heterocycles. The topological polar surface area (TPSA) is 121 Å². The molecule has 0 radical (unpaired) electrons. The minimum Gasteiger partial charge on any atom is -0.276 e. The highest BCUT2D eigenvalue weighted by Crippen LogP contribution is 2.57. The largest absolute Gasteiger partial charge is 0.276 e. The summed E-state index contributed by atoms with van der Waals surface area (Å²) in [7, 11) is 0. The first-order valence-electron chi connectivity index (χ1n) is 48.8. The number of fused-ring (bicyclic) bond motifs is 62. The molecule has 140 heavy (non-hydrogen) atoms. The van der Waals surface area contributed by atoms with Crippen LogP contribution in [0, 0.1) is 0 Å². The lowest BCUT2D eigenvalue weighted by Crippen LogP contribution is -1.96. The molecular formula is C128H76N12. The van der Waals surface area contributed by atoms with Gasteiger partial charge in [0.1, 0.15) is 45.2 Å². The van der Waals surface area contributed by atoms with Crippen LogP contribution in [0.5, 0.6) is 0 Å². The second-order valence-corrected chi connectivity index (χ2v) is 39.2. The third-order valence-electron chi connectivity index (χ3n) is 32.3. The molecule has 0 aliphatic heterocycles. The number of benzene rings is 16. The van der Waals surface area contributed by atoms with Crippen molar-refractivity contribution in [2.45, 2.75) is 51.4 Å². The predicted octanol–water partition coefficient (Wildman–Crippen LogP) is 29.3. The molecule has 0 atom stereocenters. The summed E-state index contributed by atoms with van der Waals surface area (Å²) in [5.41, 5.74) is 61.6. The van der Waals surface area contributed by atoms with E-state index in [1.807, 2.05) is 49.1 Å². The zero-order valence-corrected chi connectivity index (χ0v) is 75.7. The molecule has 12 heteroatoms. The fourth-order valence-corrected chi connectivity index (χ4v) is 26.5. The Morgan fingerprint density at radius 2 is 0.471 bits per heavy atom. The Bertz CT molecular complexity index is 10700. The van der Waals surface area contributed by atoms with Crippen LogP contribution >= 0.6 is 0 Å². The zero-order chi connectivity index (χ0) is 90.7. The highest BCUT2D eigenvalue weighted by atomic mass is 15.1. The molecule has 0 saturated carbocycles. The molecule has 0 spiro atoms. The molecule has 12 heterocycles. The van der Waals surface area contributed by atoms with E-state index in [1.165, 1.54) is 243 Å². The third-order valence-corrected chi connectivity index (χ3v) is 32.3. The average Bonchev–Trinajstić information content (AvgIpc) is 1.52. The van der Waals surface area contributed by atoms with Crippen LogP contribution in [0.2, 0.25) is 0 Å². The number of pyridine rings is 8. The van der Waals surface area contributed by atoms with Gasteiger partial charge in [-0.05, 0) is 366 Å². The lowest BCUT2D eigenvalue weighted by Gasteiger charge is -2.13. The second kappa shape index (κ2) is 27.9. The first-order chi connectivity index (χ1) is 69.4. The van der Waals surface area contributed by atoms with Crippen LogP contribution < -0.4 is 0 Å². The Morgan fingerprint density at radius 1 is 0.157 bits per heavy atom. The standard InChI is InChI=1S/4C32H19N3/c1-2-7-21-18(6-1)16-19-11-12-20-17-25-23(29(20)28(19)21)14-13-22-24-8-5-15-33-31(24)35-27-10-4-3-9-26(27)34-32(35)30(22)25;1-2-7-19-18(6-1)16-25-20(19)11-12-21-22-13-14-23-24-8-5-15-33-31(24)35-29-10-4-3-9-28(29)34-32(35)30(23)27(22)17-26(21)25;1-2-7-21-18(6-1)14-19-15-20-16-27-22(26(20)17-25(19)21)11-12-23-24-8-5-13-33-31(24)35-29-10-4-3-9-28(29)34-32(35)30(23)27;1-2-7-21-18(6-1)14-19-11-12-22-24-17-25-23-8-5-13-33-31(23)35-29-10-4-3-9-28(29)34-32(35)27(25)16-20(24)15-26(22)30(19)21/h2*1-15H,16-17H2;1-13,15,17H,14,16H2;1-13,16-17H,14-15H2. The summed E-state index contributed by atoms with van der Waals surface area (Å²) in [6.07, 6.45) is 15.4. The quantitative estimate of drug-likeness (QED) is 0.138. The molecule has 12 nitrogen and oxygen atoms in total. The smallest absolute Gasteiger partial charge is 0.147 e. The Labute approximate surface area is 799 Å². The van der Waals surface area contributed by atoms with Gasteiger partial charge in [-0.1, -0.05) is 224 Å². The molecule has 12 aromatic heterocycles. The fraction of sp³-hybridized carbons (Fsp3) is 0.0625. The first-order valence-corrected chi connectivity index (χ1v) is 48.8. The van der Waals surface area contributed by atoms with Gasteiger partial charge in [0, 0.05) is 67.9 Å². The van der Waals surface area contributed by atoms with Crippen molar-refractivity contribution in [3.8, 4) is 89.0 Å². The van der Waals surface area contributed by atoms with E-state index in [2.05, 4.69) is 333 Å². The van der Waals surface area contributed by atoms with Crippen molar-refractivity contribution in [2.24, 2.45) is 0 Å². The summed E-state index contributed by atoms with van der Waals surface area (Å²) < 4.78 is 9.01. The first kappa shape index (κ1) is 75.3. The fourth-order valence-electron chi connectivity index (χ4n) is 26.5. The summed E-state index contributed by atoms with van der Waals surface area (Å²) in [6, 6.07) is 124. The summed E-state index contributed by atoms with van der Waals surface area (Å²) >= 11 is 0.